The number of fused-ring (bicyclic) bond motifs is 1. The van der Waals surface area contributed by atoms with E-state index in [1.807, 2.05) is 30.3 Å². The van der Waals surface area contributed by atoms with Gasteiger partial charge in [-0.05, 0) is 45.0 Å². The average molecular weight is 407 g/mol. The van der Waals surface area contributed by atoms with Crippen LogP contribution in [-0.4, -0.2) is 32.9 Å². The SMILES string of the molecule is COc1c(C(=O)OC(C)(C)C)ccc2c1C(Sc1ccccc1)CS2(=O)=O. The third-order valence-electron chi connectivity index (χ3n) is 4.03. The van der Waals surface area contributed by atoms with Gasteiger partial charge in [-0.25, -0.2) is 13.2 Å². The monoisotopic (exact) mass is 406 g/mol. The largest absolute Gasteiger partial charge is 0.495 e. The van der Waals surface area contributed by atoms with Gasteiger partial charge in [0, 0.05) is 10.5 Å². The fraction of sp³-hybridized carbons (Fsp3) is 0.350. The van der Waals surface area contributed by atoms with Crippen molar-refractivity contribution in [1.29, 1.82) is 0 Å². The van der Waals surface area contributed by atoms with Crippen molar-refractivity contribution in [3.05, 3.63) is 53.6 Å². The number of carbonyl (C=O) groups is 1. The summed E-state index contributed by atoms with van der Waals surface area (Å²) in [4.78, 5) is 13.8. The third-order valence-corrected chi connectivity index (χ3v) is 7.27. The van der Waals surface area contributed by atoms with Crippen molar-refractivity contribution in [3.8, 4) is 5.75 Å². The molecule has 0 radical (unpaired) electrons. The van der Waals surface area contributed by atoms with E-state index in [1.54, 1.807) is 20.8 Å². The Morgan fingerprint density at radius 1 is 1.11 bits per heavy atom. The maximum atomic E-state index is 12.6. The molecular weight excluding hydrogens is 384 g/mol. The summed E-state index contributed by atoms with van der Waals surface area (Å²) in [6, 6.07) is 12.5. The van der Waals surface area contributed by atoms with Gasteiger partial charge in [0.15, 0.2) is 9.84 Å². The van der Waals surface area contributed by atoms with Gasteiger partial charge in [0.2, 0.25) is 0 Å². The van der Waals surface area contributed by atoms with E-state index in [-0.39, 0.29) is 27.2 Å². The second-order valence-electron chi connectivity index (χ2n) is 7.26. The Morgan fingerprint density at radius 3 is 2.37 bits per heavy atom. The zero-order valence-corrected chi connectivity index (χ0v) is 17.3. The topological polar surface area (TPSA) is 69.7 Å². The summed E-state index contributed by atoms with van der Waals surface area (Å²) in [5.41, 5.74) is 0.113. The van der Waals surface area contributed by atoms with E-state index in [4.69, 9.17) is 9.47 Å². The van der Waals surface area contributed by atoms with Gasteiger partial charge in [0.05, 0.1) is 23.0 Å². The summed E-state index contributed by atoms with van der Waals surface area (Å²) in [6.07, 6.45) is 0. The average Bonchev–Trinajstić information content (AvgIpc) is 2.84. The molecule has 1 aliphatic heterocycles. The number of carbonyl (C=O) groups excluding carboxylic acids is 1. The predicted molar refractivity (Wildman–Crippen MR) is 105 cm³/mol. The molecule has 0 N–H and O–H groups in total. The van der Waals surface area contributed by atoms with Gasteiger partial charge in [-0.1, -0.05) is 18.2 Å². The highest BCUT2D eigenvalue weighted by Gasteiger charge is 2.40. The lowest BCUT2D eigenvalue weighted by Gasteiger charge is -2.21. The summed E-state index contributed by atoms with van der Waals surface area (Å²) in [6.45, 7) is 5.34. The summed E-state index contributed by atoms with van der Waals surface area (Å²) >= 11 is 1.45. The van der Waals surface area contributed by atoms with Crippen LogP contribution in [0.2, 0.25) is 0 Å². The number of thioether (sulfide) groups is 1. The van der Waals surface area contributed by atoms with Gasteiger partial charge < -0.3 is 9.47 Å². The minimum Gasteiger partial charge on any atom is -0.495 e. The van der Waals surface area contributed by atoms with Crippen molar-refractivity contribution in [2.45, 2.75) is 41.4 Å². The van der Waals surface area contributed by atoms with Crippen LogP contribution in [0.4, 0.5) is 0 Å². The molecule has 7 heteroatoms. The highest BCUT2D eigenvalue weighted by atomic mass is 32.2. The second kappa shape index (κ2) is 7.20. The molecule has 0 aromatic heterocycles. The molecular formula is C20H22O5S2. The van der Waals surface area contributed by atoms with Crippen LogP contribution in [0.25, 0.3) is 0 Å². The fourth-order valence-electron chi connectivity index (χ4n) is 3.00. The lowest BCUT2D eigenvalue weighted by molar-refractivity contribution is 0.00662. The van der Waals surface area contributed by atoms with E-state index in [0.29, 0.717) is 5.56 Å². The number of hydrogen-bond donors (Lipinski definition) is 0. The van der Waals surface area contributed by atoms with Crippen LogP contribution in [0.5, 0.6) is 5.75 Å². The first kappa shape index (κ1) is 19.8. The molecule has 2 aromatic rings. The van der Waals surface area contributed by atoms with E-state index in [1.165, 1.54) is 31.0 Å². The van der Waals surface area contributed by atoms with Crippen molar-refractivity contribution < 1.29 is 22.7 Å². The summed E-state index contributed by atoms with van der Waals surface area (Å²) < 4.78 is 36.3. The van der Waals surface area contributed by atoms with Crippen LogP contribution in [0.1, 0.15) is 41.9 Å². The quantitative estimate of drug-likeness (QED) is 0.706. The summed E-state index contributed by atoms with van der Waals surface area (Å²) in [7, 11) is -1.99. The molecule has 0 fully saturated rings. The summed E-state index contributed by atoms with van der Waals surface area (Å²) in [5, 5.41) is -0.357. The van der Waals surface area contributed by atoms with E-state index in [2.05, 4.69) is 0 Å². The molecule has 0 aliphatic carbocycles. The smallest absolute Gasteiger partial charge is 0.342 e. The van der Waals surface area contributed by atoms with Crippen LogP contribution in [0, 0.1) is 0 Å². The minimum atomic E-state index is -3.44. The number of sulfone groups is 1. The van der Waals surface area contributed by atoms with Gasteiger partial charge in [-0.3, -0.25) is 0 Å². The molecule has 2 aromatic carbocycles. The lowest BCUT2D eigenvalue weighted by Crippen LogP contribution is -2.24. The van der Waals surface area contributed by atoms with Crippen LogP contribution in [0.3, 0.4) is 0 Å². The molecule has 1 atom stereocenters. The Bertz CT molecular complexity index is 960. The molecule has 0 bridgehead atoms. The molecule has 1 aliphatic rings. The van der Waals surface area contributed by atoms with Crippen molar-refractivity contribution in [3.63, 3.8) is 0 Å². The maximum absolute atomic E-state index is 12.6. The molecule has 0 amide bonds. The van der Waals surface area contributed by atoms with Gasteiger partial charge in [-0.2, -0.15) is 0 Å². The van der Waals surface area contributed by atoms with Crippen molar-refractivity contribution in [2.24, 2.45) is 0 Å². The number of benzene rings is 2. The molecule has 0 saturated heterocycles. The van der Waals surface area contributed by atoms with Gasteiger partial charge in [0.25, 0.3) is 0 Å². The number of methoxy groups -OCH3 is 1. The third kappa shape index (κ3) is 4.14. The minimum absolute atomic E-state index is 0.0317. The highest BCUT2D eigenvalue weighted by Crippen LogP contribution is 2.50. The first-order valence-corrected chi connectivity index (χ1v) is 11.0. The Labute approximate surface area is 164 Å². The zero-order valence-electron chi connectivity index (χ0n) is 15.7. The Morgan fingerprint density at radius 2 is 1.78 bits per heavy atom. The lowest BCUT2D eigenvalue weighted by atomic mass is 10.1. The second-order valence-corrected chi connectivity index (χ2v) is 10.5. The number of esters is 1. The van der Waals surface area contributed by atoms with Gasteiger partial charge in [-0.15, -0.1) is 11.8 Å². The normalized spacial score (nSPS) is 18.0. The van der Waals surface area contributed by atoms with Crippen molar-refractivity contribution >= 4 is 27.6 Å². The fourth-order valence-corrected chi connectivity index (χ4v) is 6.47. The molecule has 0 spiro atoms. The predicted octanol–water partition coefficient (Wildman–Crippen LogP) is 4.27. The number of hydrogen-bond acceptors (Lipinski definition) is 6. The zero-order chi connectivity index (χ0) is 19.8. The first-order chi connectivity index (χ1) is 12.6. The molecule has 144 valence electrons. The Kier molecular flexibility index (Phi) is 5.27. The van der Waals surface area contributed by atoms with E-state index in [9.17, 15) is 13.2 Å². The standard InChI is InChI=1S/C20H22O5S2/c1-20(2,3)25-19(21)14-10-11-16-17(18(14)24-4)15(12-27(16,22)23)26-13-8-6-5-7-9-13/h5-11,15H,12H2,1-4H3. The van der Waals surface area contributed by atoms with Crippen molar-refractivity contribution in [2.75, 3.05) is 12.9 Å². The van der Waals surface area contributed by atoms with Gasteiger partial charge >= 0.3 is 5.97 Å². The van der Waals surface area contributed by atoms with E-state index < -0.39 is 21.4 Å². The molecule has 1 unspecified atom stereocenters. The van der Waals surface area contributed by atoms with E-state index in [0.717, 1.165) is 4.90 Å². The van der Waals surface area contributed by atoms with Crippen LogP contribution < -0.4 is 4.74 Å². The van der Waals surface area contributed by atoms with Crippen LogP contribution in [-0.2, 0) is 14.6 Å². The molecule has 5 nitrogen and oxygen atoms in total. The molecule has 0 saturated carbocycles. The van der Waals surface area contributed by atoms with Crippen molar-refractivity contribution in [1.82, 2.24) is 0 Å². The molecule has 27 heavy (non-hydrogen) atoms. The number of ether oxygens (including phenoxy) is 2. The number of rotatable bonds is 4. The molecule has 1 heterocycles. The first-order valence-electron chi connectivity index (χ1n) is 8.51. The van der Waals surface area contributed by atoms with Crippen LogP contribution >= 0.6 is 11.8 Å². The Hall–Kier alpha value is -1.99. The van der Waals surface area contributed by atoms with Gasteiger partial charge in [0.1, 0.15) is 16.9 Å². The Balaban J connectivity index is 2.08. The summed E-state index contributed by atoms with van der Waals surface area (Å²) in [5.74, 6) is -0.290. The maximum Gasteiger partial charge on any atom is 0.342 e. The molecule has 3 rings (SSSR count). The van der Waals surface area contributed by atoms with Crippen LogP contribution in [0.15, 0.2) is 52.3 Å². The van der Waals surface area contributed by atoms with E-state index >= 15 is 0 Å². The highest BCUT2D eigenvalue weighted by molar-refractivity contribution is 8.01.